The summed E-state index contributed by atoms with van der Waals surface area (Å²) in [5, 5.41) is 6.23. The molecule has 3 aromatic carbocycles. The Kier molecular flexibility index (Phi) is 7.54. The predicted octanol–water partition coefficient (Wildman–Crippen LogP) is 5.41. The molecule has 5 heteroatoms. The summed E-state index contributed by atoms with van der Waals surface area (Å²) >= 11 is 6.47. The maximum atomic E-state index is 12.7. The minimum atomic E-state index is 0. The van der Waals surface area contributed by atoms with Crippen molar-refractivity contribution in [3.05, 3.63) is 82.9 Å². The standard InChI is InChI=1S/C24H25ClN2O.ClH/c25-22-13-4-3-12-21(22)23(27-14-5-6-15-27)17-26-24(28)16-19-10-7-9-18-8-1-2-11-20(18)19;/h1-4,7-13,23H,5-6,14-17H2,(H,26,28);1H. The summed E-state index contributed by atoms with van der Waals surface area (Å²) in [4.78, 5) is 15.2. The van der Waals surface area contributed by atoms with Crippen molar-refractivity contribution in [2.45, 2.75) is 25.3 Å². The number of nitrogens with zero attached hydrogens (tertiary/aromatic N) is 1. The zero-order valence-corrected chi connectivity index (χ0v) is 17.9. The topological polar surface area (TPSA) is 32.3 Å². The molecule has 0 radical (unpaired) electrons. The Balaban J connectivity index is 0.00000240. The first-order valence-corrected chi connectivity index (χ1v) is 10.3. The Bertz CT molecular complexity index is 965. The lowest BCUT2D eigenvalue weighted by molar-refractivity contribution is -0.120. The lowest BCUT2D eigenvalue weighted by Crippen LogP contribution is -2.37. The second-order valence-corrected chi connectivity index (χ2v) is 7.81. The van der Waals surface area contributed by atoms with Crippen LogP contribution in [0.25, 0.3) is 10.8 Å². The van der Waals surface area contributed by atoms with Gasteiger partial charge in [-0.3, -0.25) is 9.69 Å². The SMILES string of the molecule is Cl.O=C(Cc1cccc2ccccc12)NCC(c1ccccc1Cl)N1CCCC1. The number of carbonyl (C=O) groups excluding carboxylic acids is 1. The maximum absolute atomic E-state index is 12.7. The molecule has 1 atom stereocenters. The molecule has 0 spiro atoms. The van der Waals surface area contributed by atoms with E-state index in [9.17, 15) is 4.79 Å². The van der Waals surface area contributed by atoms with Crippen molar-refractivity contribution >= 4 is 40.7 Å². The van der Waals surface area contributed by atoms with E-state index in [0.717, 1.165) is 34.6 Å². The van der Waals surface area contributed by atoms with Crippen LogP contribution in [0.3, 0.4) is 0 Å². The highest BCUT2D eigenvalue weighted by molar-refractivity contribution is 6.31. The van der Waals surface area contributed by atoms with Crippen LogP contribution in [0.15, 0.2) is 66.7 Å². The average molecular weight is 429 g/mol. The highest BCUT2D eigenvalue weighted by atomic mass is 35.5. The third-order valence-corrected chi connectivity index (χ3v) is 5.91. The minimum Gasteiger partial charge on any atom is -0.354 e. The summed E-state index contributed by atoms with van der Waals surface area (Å²) < 4.78 is 0. The molecule has 3 nitrogen and oxygen atoms in total. The number of amides is 1. The highest BCUT2D eigenvalue weighted by Crippen LogP contribution is 2.29. The first-order valence-electron chi connectivity index (χ1n) is 9.94. The van der Waals surface area contributed by atoms with Gasteiger partial charge in [-0.25, -0.2) is 0 Å². The summed E-state index contributed by atoms with van der Waals surface area (Å²) in [5.41, 5.74) is 2.16. The van der Waals surface area contributed by atoms with E-state index in [1.807, 2.05) is 42.5 Å². The first-order chi connectivity index (χ1) is 13.7. The second-order valence-electron chi connectivity index (χ2n) is 7.40. The van der Waals surface area contributed by atoms with Crippen molar-refractivity contribution < 1.29 is 4.79 Å². The molecule has 0 bridgehead atoms. The van der Waals surface area contributed by atoms with Gasteiger partial charge in [0.25, 0.3) is 0 Å². The number of likely N-dealkylation sites (tertiary alicyclic amines) is 1. The number of rotatable bonds is 6. The summed E-state index contributed by atoms with van der Waals surface area (Å²) in [7, 11) is 0. The molecule has 3 aromatic rings. The molecule has 1 N–H and O–H groups in total. The molecular formula is C24H26Cl2N2O. The van der Waals surface area contributed by atoms with Gasteiger partial charge in [0.1, 0.15) is 0 Å². The van der Waals surface area contributed by atoms with Gasteiger partial charge in [0.2, 0.25) is 5.91 Å². The van der Waals surface area contributed by atoms with Gasteiger partial charge in [-0.1, -0.05) is 72.3 Å². The number of carbonyl (C=O) groups is 1. The number of nitrogens with one attached hydrogen (secondary N) is 1. The Morgan fingerprint density at radius 3 is 2.45 bits per heavy atom. The largest absolute Gasteiger partial charge is 0.354 e. The zero-order chi connectivity index (χ0) is 19.3. The first kappa shape index (κ1) is 21.6. The summed E-state index contributed by atoms with van der Waals surface area (Å²) in [5.74, 6) is 0.0487. The fourth-order valence-electron chi connectivity index (χ4n) is 4.13. The minimum absolute atomic E-state index is 0. The van der Waals surface area contributed by atoms with Crippen LogP contribution in [0, 0.1) is 0 Å². The van der Waals surface area contributed by atoms with Gasteiger partial charge in [-0.05, 0) is 53.9 Å². The lowest BCUT2D eigenvalue weighted by Gasteiger charge is -2.29. The molecule has 1 aliphatic rings. The van der Waals surface area contributed by atoms with E-state index < -0.39 is 0 Å². The lowest BCUT2D eigenvalue weighted by atomic mass is 10.0. The molecule has 0 saturated carbocycles. The Morgan fingerprint density at radius 2 is 1.66 bits per heavy atom. The number of hydrogen-bond donors (Lipinski definition) is 1. The summed E-state index contributed by atoms with van der Waals surface area (Å²) in [6, 6.07) is 22.4. The van der Waals surface area contributed by atoms with Gasteiger partial charge in [-0.15, -0.1) is 12.4 Å². The van der Waals surface area contributed by atoms with Crippen molar-refractivity contribution in [2.75, 3.05) is 19.6 Å². The van der Waals surface area contributed by atoms with Gasteiger partial charge < -0.3 is 5.32 Å². The van der Waals surface area contributed by atoms with E-state index in [1.165, 1.54) is 18.2 Å². The smallest absolute Gasteiger partial charge is 0.224 e. The van der Waals surface area contributed by atoms with Gasteiger partial charge in [0.15, 0.2) is 0 Å². The fourth-order valence-corrected chi connectivity index (χ4v) is 4.39. The second kappa shape index (κ2) is 10.1. The van der Waals surface area contributed by atoms with E-state index >= 15 is 0 Å². The van der Waals surface area contributed by atoms with Gasteiger partial charge in [0, 0.05) is 11.6 Å². The van der Waals surface area contributed by atoms with Crippen LogP contribution in [0.1, 0.15) is 30.0 Å². The molecule has 152 valence electrons. The molecule has 1 amide bonds. The number of halogens is 2. The number of fused-ring (bicyclic) bond motifs is 1. The molecule has 1 unspecified atom stereocenters. The summed E-state index contributed by atoms with van der Waals surface area (Å²) in [6.45, 7) is 2.68. The third-order valence-electron chi connectivity index (χ3n) is 5.57. The molecule has 4 rings (SSSR count). The number of hydrogen-bond acceptors (Lipinski definition) is 2. The van der Waals surface area contributed by atoms with Crippen LogP contribution in [0.2, 0.25) is 5.02 Å². The predicted molar refractivity (Wildman–Crippen MR) is 123 cm³/mol. The van der Waals surface area contributed by atoms with Crippen LogP contribution in [0.5, 0.6) is 0 Å². The number of benzene rings is 3. The van der Waals surface area contributed by atoms with Crippen molar-refractivity contribution in [1.82, 2.24) is 10.2 Å². The molecule has 0 aromatic heterocycles. The molecule has 29 heavy (non-hydrogen) atoms. The van der Waals surface area contributed by atoms with E-state index in [1.54, 1.807) is 0 Å². The monoisotopic (exact) mass is 428 g/mol. The Morgan fingerprint density at radius 1 is 0.966 bits per heavy atom. The van der Waals surface area contributed by atoms with E-state index in [-0.39, 0.29) is 24.4 Å². The van der Waals surface area contributed by atoms with Crippen LogP contribution in [-0.4, -0.2) is 30.4 Å². The van der Waals surface area contributed by atoms with E-state index in [0.29, 0.717) is 13.0 Å². The highest BCUT2D eigenvalue weighted by Gasteiger charge is 2.25. The van der Waals surface area contributed by atoms with Crippen molar-refractivity contribution in [1.29, 1.82) is 0 Å². The van der Waals surface area contributed by atoms with Crippen LogP contribution in [0.4, 0.5) is 0 Å². The molecule has 1 aliphatic heterocycles. The molecule has 1 fully saturated rings. The van der Waals surface area contributed by atoms with Crippen LogP contribution < -0.4 is 5.32 Å². The molecule has 1 heterocycles. The van der Waals surface area contributed by atoms with Crippen molar-refractivity contribution in [3.63, 3.8) is 0 Å². The molecule has 0 aliphatic carbocycles. The van der Waals surface area contributed by atoms with Crippen molar-refractivity contribution in [3.8, 4) is 0 Å². The third kappa shape index (κ3) is 5.11. The Hall–Kier alpha value is -2.07. The average Bonchev–Trinajstić information content (AvgIpc) is 3.24. The van der Waals surface area contributed by atoms with Gasteiger partial charge in [0.05, 0.1) is 12.5 Å². The maximum Gasteiger partial charge on any atom is 0.224 e. The summed E-state index contributed by atoms with van der Waals surface area (Å²) in [6.07, 6.45) is 2.78. The van der Waals surface area contributed by atoms with E-state index in [2.05, 4.69) is 34.5 Å². The Labute approximate surface area is 183 Å². The normalized spacial score (nSPS) is 15.1. The fraction of sp³-hybridized carbons (Fsp3) is 0.292. The van der Waals surface area contributed by atoms with Crippen molar-refractivity contribution in [2.24, 2.45) is 0 Å². The van der Waals surface area contributed by atoms with Crippen LogP contribution in [-0.2, 0) is 11.2 Å². The van der Waals surface area contributed by atoms with Gasteiger partial charge in [-0.2, -0.15) is 0 Å². The van der Waals surface area contributed by atoms with E-state index in [4.69, 9.17) is 11.6 Å². The van der Waals surface area contributed by atoms with Gasteiger partial charge >= 0.3 is 0 Å². The quantitative estimate of drug-likeness (QED) is 0.568. The zero-order valence-electron chi connectivity index (χ0n) is 16.3. The molecule has 1 saturated heterocycles. The molecular weight excluding hydrogens is 403 g/mol. The van der Waals surface area contributed by atoms with Crippen LogP contribution >= 0.6 is 24.0 Å².